The van der Waals surface area contributed by atoms with Crippen molar-refractivity contribution in [2.24, 2.45) is 11.8 Å². The first-order valence-corrected chi connectivity index (χ1v) is 13.2. The van der Waals surface area contributed by atoms with Gasteiger partial charge in [-0.1, -0.05) is 22.9 Å². The molecule has 0 aromatic heterocycles. The lowest BCUT2D eigenvalue weighted by Crippen LogP contribution is -2.40. The van der Waals surface area contributed by atoms with Crippen LogP contribution in [0.2, 0.25) is 0 Å². The van der Waals surface area contributed by atoms with Crippen LogP contribution in [0.3, 0.4) is 0 Å². The van der Waals surface area contributed by atoms with Crippen LogP contribution in [-0.4, -0.2) is 69.4 Å². The summed E-state index contributed by atoms with van der Waals surface area (Å²) in [5.41, 5.74) is 1.39. The third-order valence-corrected chi connectivity index (χ3v) is 8.42. The van der Waals surface area contributed by atoms with Gasteiger partial charge in [-0.25, -0.2) is 0 Å². The maximum absolute atomic E-state index is 5.41. The second-order valence-corrected chi connectivity index (χ2v) is 10.4. The summed E-state index contributed by atoms with van der Waals surface area (Å²) < 4.78 is 11.9. The maximum Gasteiger partial charge on any atom is 0.119 e. The Morgan fingerprint density at radius 1 is 1.00 bits per heavy atom. The van der Waals surface area contributed by atoms with Gasteiger partial charge in [-0.15, -0.1) is 24.8 Å². The van der Waals surface area contributed by atoms with E-state index in [0.29, 0.717) is 0 Å². The fraction of sp³-hybridized carbons (Fsp3) is 0.769. The zero-order chi connectivity index (χ0) is 22.1. The Hall–Kier alpha value is -0.0400. The standard InChI is InChI=1S/C26H43BrN2O2.2ClH/c1-4-29(17-18-30-2)24-7-5-21(6-8-24)11-14-28-15-12-22(13-16-28)19-23-20-25(31-3)9-10-26(23)27;;/h9-10,20-22,24H,4-8,11-19H2,1-3H3;2*1H/t21-,24-;;. The molecule has 3 rings (SSSR count). The van der Waals surface area contributed by atoms with E-state index < -0.39 is 0 Å². The molecule has 0 bridgehead atoms. The molecule has 192 valence electrons. The fourth-order valence-corrected chi connectivity index (χ4v) is 5.94. The number of benzene rings is 1. The lowest BCUT2D eigenvalue weighted by Gasteiger charge is -2.37. The van der Waals surface area contributed by atoms with Gasteiger partial charge in [-0.05, 0) is 113 Å². The van der Waals surface area contributed by atoms with E-state index in [1.54, 1.807) is 7.11 Å². The maximum atomic E-state index is 5.41. The van der Waals surface area contributed by atoms with Gasteiger partial charge in [-0.3, -0.25) is 4.90 Å². The van der Waals surface area contributed by atoms with Crippen molar-refractivity contribution >= 4 is 40.7 Å². The van der Waals surface area contributed by atoms with Gasteiger partial charge in [0.1, 0.15) is 5.75 Å². The molecule has 0 spiro atoms. The van der Waals surface area contributed by atoms with Crippen LogP contribution >= 0.6 is 40.7 Å². The summed E-state index contributed by atoms with van der Waals surface area (Å²) >= 11 is 3.72. The van der Waals surface area contributed by atoms with Gasteiger partial charge in [0.15, 0.2) is 0 Å². The van der Waals surface area contributed by atoms with Gasteiger partial charge in [0.05, 0.1) is 13.7 Å². The van der Waals surface area contributed by atoms with Crippen molar-refractivity contribution in [1.82, 2.24) is 9.80 Å². The van der Waals surface area contributed by atoms with Crippen molar-refractivity contribution in [2.45, 2.75) is 64.3 Å². The molecule has 1 heterocycles. The highest BCUT2D eigenvalue weighted by Gasteiger charge is 2.26. The van der Waals surface area contributed by atoms with E-state index in [1.165, 1.54) is 74.6 Å². The molecule has 0 N–H and O–H groups in total. The number of ether oxygens (including phenoxy) is 2. The molecule has 2 fully saturated rings. The second-order valence-electron chi connectivity index (χ2n) is 9.53. The van der Waals surface area contributed by atoms with E-state index in [-0.39, 0.29) is 24.8 Å². The van der Waals surface area contributed by atoms with Crippen molar-refractivity contribution in [2.75, 3.05) is 53.6 Å². The molecule has 4 nitrogen and oxygen atoms in total. The van der Waals surface area contributed by atoms with Crippen LogP contribution in [-0.2, 0) is 11.2 Å². The average molecular weight is 568 g/mol. The number of nitrogens with zero attached hydrogens (tertiary/aromatic N) is 2. The van der Waals surface area contributed by atoms with E-state index in [2.05, 4.69) is 44.8 Å². The van der Waals surface area contributed by atoms with E-state index in [0.717, 1.165) is 49.7 Å². The predicted octanol–water partition coefficient (Wildman–Crippen LogP) is 6.47. The summed E-state index contributed by atoms with van der Waals surface area (Å²) in [4.78, 5) is 5.35. The van der Waals surface area contributed by atoms with Crippen molar-refractivity contribution in [1.29, 1.82) is 0 Å². The first kappa shape index (κ1) is 31.0. The Bertz CT molecular complexity index is 651. The molecule has 1 saturated carbocycles. The van der Waals surface area contributed by atoms with Gasteiger partial charge in [-0.2, -0.15) is 0 Å². The Morgan fingerprint density at radius 3 is 2.30 bits per heavy atom. The van der Waals surface area contributed by atoms with Gasteiger partial charge in [0, 0.05) is 24.2 Å². The molecule has 0 atom stereocenters. The normalized spacial score (nSPS) is 22.0. The average Bonchev–Trinajstić information content (AvgIpc) is 2.81. The number of likely N-dealkylation sites (tertiary alicyclic amines) is 1. The Morgan fingerprint density at radius 2 is 1.70 bits per heavy atom. The van der Waals surface area contributed by atoms with Crippen LogP contribution in [0, 0.1) is 11.8 Å². The Labute approximate surface area is 223 Å². The molecule has 7 heteroatoms. The number of rotatable bonds is 11. The summed E-state index contributed by atoms with van der Waals surface area (Å²) in [6.07, 6.45) is 10.8. The van der Waals surface area contributed by atoms with Gasteiger partial charge in [0.25, 0.3) is 0 Å². The van der Waals surface area contributed by atoms with Crippen molar-refractivity contribution in [3.05, 3.63) is 28.2 Å². The van der Waals surface area contributed by atoms with Gasteiger partial charge < -0.3 is 14.4 Å². The SMILES string of the molecule is CCN(CCOC)[C@H]1CC[C@H](CCN2CCC(Cc3cc(OC)ccc3Br)CC2)CC1.Cl.Cl. The van der Waals surface area contributed by atoms with Crippen LogP contribution < -0.4 is 4.74 Å². The third-order valence-electron chi connectivity index (χ3n) is 7.64. The van der Waals surface area contributed by atoms with E-state index >= 15 is 0 Å². The first-order valence-electron chi connectivity index (χ1n) is 12.4. The largest absolute Gasteiger partial charge is 0.497 e. The predicted molar refractivity (Wildman–Crippen MR) is 148 cm³/mol. The third kappa shape index (κ3) is 9.85. The van der Waals surface area contributed by atoms with Gasteiger partial charge >= 0.3 is 0 Å². The highest BCUT2D eigenvalue weighted by molar-refractivity contribution is 9.10. The molecule has 1 aliphatic carbocycles. The molecular weight excluding hydrogens is 523 g/mol. The van der Waals surface area contributed by atoms with E-state index in [4.69, 9.17) is 9.47 Å². The lowest BCUT2D eigenvalue weighted by molar-refractivity contribution is 0.0924. The fourth-order valence-electron chi connectivity index (χ4n) is 5.53. The van der Waals surface area contributed by atoms with Crippen LogP contribution in [0.15, 0.2) is 22.7 Å². The minimum Gasteiger partial charge on any atom is -0.497 e. The lowest BCUT2D eigenvalue weighted by atomic mass is 9.83. The minimum absolute atomic E-state index is 0. The second kappa shape index (κ2) is 16.6. The Balaban J connectivity index is 0.00000272. The topological polar surface area (TPSA) is 24.9 Å². The van der Waals surface area contributed by atoms with Crippen molar-refractivity contribution in [3.63, 3.8) is 0 Å². The van der Waals surface area contributed by atoms with Crippen LogP contribution in [0.1, 0.15) is 57.4 Å². The molecule has 0 unspecified atom stereocenters. The van der Waals surface area contributed by atoms with Crippen LogP contribution in [0.5, 0.6) is 5.75 Å². The summed E-state index contributed by atoms with van der Waals surface area (Å²) in [6.45, 7) is 9.22. The summed E-state index contributed by atoms with van der Waals surface area (Å²) in [5, 5.41) is 0. The minimum atomic E-state index is 0. The molecule has 1 aliphatic heterocycles. The summed E-state index contributed by atoms with van der Waals surface area (Å²) in [7, 11) is 3.56. The number of piperidine rings is 1. The quantitative estimate of drug-likeness (QED) is 0.306. The van der Waals surface area contributed by atoms with E-state index in [9.17, 15) is 0 Å². The highest BCUT2D eigenvalue weighted by atomic mass is 79.9. The highest BCUT2D eigenvalue weighted by Crippen LogP contribution is 2.31. The van der Waals surface area contributed by atoms with E-state index in [1.807, 2.05) is 13.2 Å². The number of hydrogen-bond donors (Lipinski definition) is 0. The summed E-state index contributed by atoms with van der Waals surface area (Å²) in [5.74, 6) is 2.69. The number of hydrogen-bond acceptors (Lipinski definition) is 4. The number of methoxy groups -OCH3 is 2. The first-order chi connectivity index (χ1) is 15.1. The molecule has 0 radical (unpaired) electrons. The number of likely N-dealkylation sites (N-methyl/N-ethyl adjacent to an activating group) is 1. The molecule has 1 aromatic rings. The van der Waals surface area contributed by atoms with Crippen LogP contribution in [0.4, 0.5) is 0 Å². The van der Waals surface area contributed by atoms with Gasteiger partial charge in [0.2, 0.25) is 0 Å². The molecule has 1 saturated heterocycles. The molecule has 2 aliphatic rings. The molecular formula is C26H45BrCl2N2O2. The van der Waals surface area contributed by atoms with Crippen molar-refractivity contribution < 1.29 is 9.47 Å². The molecule has 1 aromatic carbocycles. The zero-order valence-electron chi connectivity index (χ0n) is 20.8. The molecule has 33 heavy (non-hydrogen) atoms. The Kier molecular flexibility index (Phi) is 15.6. The number of halogens is 3. The monoisotopic (exact) mass is 566 g/mol. The summed E-state index contributed by atoms with van der Waals surface area (Å²) in [6, 6.07) is 7.13. The zero-order valence-corrected chi connectivity index (χ0v) is 24.0. The smallest absolute Gasteiger partial charge is 0.119 e. The molecule has 0 amide bonds. The van der Waals surface area contributed by atoms with Crippen molar-refractivity contribution in [3.8, 4) is 5.75 Å². The van der Waals surface area contributed by atoms with Crippen LogP contribution in [0.25, 0.3) is 0 Å².